The normalized spacial score (nSPS) is 12.2. The first kappa shape index (κ1) is 18.5. The van der Waals surface area contributed by atoms with E-state index in [0.29, 0.717) is 16.3 Å². The summed E-state index contributed by atoms with van der Waals surface area (Å²) in [4.78, 5) is 16.8. The lowest BCUT2D eigenvalue weighted by atomic mass is 10.1. The monoisotopic (exact) mass is 388 g/mol. The molecule has 1 amide bonds. The Kier molecular flexibility index (Phi) is 6.00. The number of aliphatic hydroxyl groups is 2. The Morgan fingerprint density at radius 3 is 2.46 bits per heavy atom. The summed E-state index contributed by atoms with van der Waals surface area (Å²) >= 11 is 7.33. The quantitative estimate of drug-likeness (QED) is 0.566. The zero-order valence-corrected chi connectivity index (χ0v) is 15.2. The molecule has 5 nitrogen and oxygen atoms in total. The van der Waals surface area contributed by atoms with E-state index in [4.69, 9.17) is 11.6 Å². The fourth-order valence-corrected chi connectivity index (χ4v) is 3.44. The van der Waals surface area contributed by atoms with Crippen molar-refractivity contribution in [3.05, 3.63) is 76.3 Å². The van der Waals surface area contributed by atoms with Gasteiger partial charge >= 0.3 is 0 Å². The number of thiazole rings is 1. The van der Waals surface area contributed by atoms with E-state index in [0.717, 1.165) is 10.6 Å². The topological polar surface area (TPSA) is 82.5 Å². The van der Waals surface area contributed by atoms with Crippen LogP contribution in [0.4, 0.5) is 0 Å². The Labute approximate surface area is 159 Å². The molecule has 134 valence electrons. The summed E-state index contributed by atoms with van der Waals surface area (Å²) < 4.78 is 0. The third-order valence-corrected chi connectivity index (χ3v) is 4.95. The number of aliphatic hydroxyl groups excluding tert-OH is 1. The van der Waals surface area contributed by atoms with Crippen LogP contribution in [0.5, 0.6) is 0 Å². The van der Waals surface area contributed by atoms with Crippen LogP contribution in [0.3, 0.4) is 0 Å². The highest BCUT2D eigenvalue weighted by molar-refractivity contribution is 7.13. The smallest absolute Gasteiger partial charge is 0.226 e. The molecule has 0 spiro atoms. The van der Waals surface area contributed by atoms with Crippen LogP contribution in [0.15, 0.2) is 60.0 Å². The molecule has 1 heterocycles. The van der Waals surface area contributed by atoms with Crippen LogP contribution in [0.2, 0.25) is 5.02 Å². The van der Waals surface area contributed by atoms with Crippen molar-refractivity contribution in [2.24, 2.45) is 0 Å². The molecule has 0 aliphatic heterocycles. The third kappa shape index (κ3) is 4.68. The Hall–Kier alpha value is -2.25. The van der Waals surface area contributed by atoms with Crippen LogP contribution in [0, 0.1) is 0 Å². The van der Waals surface area contributed by atoms with Gasteiger partial charge in [0.05, 0.1) is 12.1 Å². The van der Waals surface area contributed by atoms with Gasteiger partial charge in [-0.3, -0.25) is 4.79 Å². The number of benzene rings is 2. The van der Waals surface area contributed by atoms with E-state index < -0.39 is 12.3 Å². The molecule has 0 radical (unpaired) electrons. The molecule has 0 fully saturated rings. The highest BCUT2D eigenvalue weighted by atomic mass is 35.5. The number of halogens is 1. The first-order valence-corrected chi connectivity index (χ1v) is 9.19. The Bertz CT molecular complexity index is 866. The number of hydrogen-bond acceptors (Lipinski definition) is 5. The van der Waals surface area contributed by atoms with Crippen molar-refractivity contribution in [3.8, 4) is 10.6 Å². The number of carbonyl (C=O) groups is 1. The molecule has 1 unspecified atom stereocenters. The minimum atomic E-state index is -1.69. The van der Waals surface area contributed by atoms with Crippen molar-refractivity contribution in [2.75, 3.05) is 0 Å². The minimum Gasteiger partial charge on any atom is -0.366 e. The van der Waals surface area contributed by atoms with Gasteiger partial charge in [-0.2, -0.15) is 0 Å². The molecule has 1 aromatic heterocycles. The third-order valence-electron chi connectivity index (χ3n) is 3.76. The number of hydrogen-bond donors (Lipinski definition) is 3. The molecule has 0 aliphatic carbocycles. The van der Waals surface area contributed by atoms with Crippen LogP contribution in [0.1, 0.15) is 17.3 Å². The highest BCUT2D eigenvalue weighted by Gasteiger charge is 2.21. The van der Waals surface area contributed by atoms with E-state index in [1.165, 1.54) is 11.3 Å². The maximum atomic E-state index is 12.3. The van der Waals surface area contributed by atoms with Crippen molar-refractivity contribution in [2.45, 2.75) is 18.8 Å². The lowest BCUT2D eigenvalue weighted by Crippen LogP contribution is -2.37. The van der Waals surface area contributed by atoms with Crippen LogP contribution in [-0.4, -0.2) is 27.4 Å². The summed E-state index contributed by atoms with van der Waals surface area (Å²) in [7, 11) is 0. The molecule has 3 aromatic rings. The van der Waals surface area contributed by atoms with Crippen LogP contribution >= 0.6 is 22.9 Å². The van der Waals surface area contributed by atoms with Gasteiger partial charge in [0.2, 0.25) is 5.91 Å². The molecule has 2 aromatic carbocycles. The largest absolute Gasteiger partial charge is 0.366 e. The minimum absolute atomic E-state index is 0.0557. The predicted molar refractivity (Wildman–Crippen MR) is 102 cm³/mol. The average molecular weight is 389 g/mol. The molecule has 7 heteroatoms. The lowest BCUT2D eigenvalue weighted by molar-refractivity contribution is -0.126. The second-order valence-electron chi connectivity index (χ2n) is 5.70. The van der Waals surface area contributed by atoms with Gasteiger partial charge in [0.25, 0.3) is 0 Å². The SMILES string of the molecule is O=C(Cc1csc(-c2ccc(Cl)cc2)n1)NC(c1ccccc1)C(O)O. The van der Waals surface area contributed by atoms with Crippen molar-refractivity contribution in [1.29, 1.82) is 0 Å². The van der Waals surface area contributed by atoms with Gasteiger partial charge in [-0.25, -0.2) is 4.98 Å². The van der Waals surface area contributed by atoms with Crippen molar-refractivity contribution in [1.82, 2.24) is 10.3 Å². The van der Waals surface area contributed by atoms with E-state index in [2.05, 4.69) is 10.3 Å². The van der Waals surface area contributed by atoms with Gasteiger partial charge in [0.15, 0.2) is 6.29 Å². The maximum absolute atomic E-state index is 12.3. The van der Waals surface area contributed by atoms with E-state index in [-0.39, 0.29) is 12.3 Å². The Morgan fingerprint density at radius 1 is 1.12 bits per heavy atom. The van der Waals surface area contributed by atoms with Crippen molar-refractivity contribution in [3.63, 3.8) is 0 Å². The first-order chi connectivity index (χ1) is 12.5. The summed E-state index contributed by atoms with van der Waals surface area (Å²) in [6.07, 6.45) is -1.64. The molecular weight excluding hydrogens is 372 g/mol. The first-order valence-electron chi connectivity index (χ1n) is 7.94. The zero-order valence-electron chi connectivity index (χ0n) is 13.7. The van der Waals surface area contributed by atoms with Gasteiger partial charge in [-0.05, 0) is 17.7 Å². The number of aromatic nitrogens is 1. The Balaban J connectivity index is 1.67. The van der Waals surface area contributed by atoms with Gasteiger partial charge in [0.1, 0.15) is 11.0 Å². The summed E-state index contributed by atoms with van der Waals surface area (Å²) in [6, 6.07) is 15.3. The molecule has 3 rings (SSSR count). The van der Waals surface area contributed by atoms with Crippen LogP contribution < -0.4 is 5.32 Å². The molecule has 1 atom stereocenters. The van der Waals surface area contributed by atoms with Gasteiger partial charge < -0.3 is 15.5 Å². The molecule has 3 N–H and O–H groups in total. The van der Waals surface area contributed by atoms with Gasteiger partial charge in [-0.1, -0.05) is 54.1 Å². The van der Waals surface area contributed by atoms with E-state index in [1.807, 2.05) is 23.6 Å². The molecule has 0 bridgehead atoms. The van der Waals surface area contributed by atoms with Crippen molar-refractivity contribution < 1.29 is 15.0 Å². The maximum Gasteiger partial charge on any atom is 0.226 e. The molecular formula is C19H17ClN2O3S. The van der Waals surface area contributed by atoms with Crippen LogP contribution in [0.25, 0.3) is 10.6 Å². The van der Waals surface area contributed by atoms with Gasteiger partial charge in [-0.15, -0.1) is 11.3 Å². The average Bonchev–Trinajstić information content (AvgIpc) is 3.09. The van der Waals surface area contributed by atoms with E-state index in [9.17, 15) is 15.0 Å². The van der Waals surface area contributed by atoms with E-state index in [1.54, 1.807) is 36.4 Å². The summed E-state index contributed by atoms with van der Waals surface area (Å²) in [6.45, 7) is 0. The standard InChI is InChI=1S/C19H17ClN2O3S/c20-14-8-6-13(7-9-14)18-21-15(11-26-18)10-16(23)22-17(19(24)25)12-4-2-1-3-5-12/h1-9,11,17,19,24-25H,10H2,(H,22,23). The number of nitrogens with one attached hydrogen (secondary N) is 1. The highest BCUT2D eigenvalue weighted by Crippen LogP contribution is 2.25. The van der Waals surface area contributed by atoms with Gasteiger partial charge in [0, 0.05) is 16.0 Å². The van der Waals surface area contributed by atoms with Crippen molar-refractivity contribution >= 4 is 28.8 Å². The van der Waals surface area contributed by atoms with E-state index >= 15 is 0 Å². The second-order valence-corrected chi connectivity index (χ2v) is 6.99. The predicted octanol–water partition coefficient (Wildman–Crippen LogP) is 3.17. The fourth-order valence-electron chi connectivity index (χ4n) is 2.49. The fraction of sp³-hybridized carbons (Fsp3) is 0.158. The number of amides is 1. The Morgan fingerprint density at radius 2 is 1.81 bits per heavy atom. The zero-order chi connectivity index (χ0) is 18.5. The molecule has 0 saturated carbocycles. The van der Waals surface area contributed by atoms with Crippen LogP contribution in [-0.2, 0) is 11.2 Å². The molecule has 0 aliphatic rings. The molecule has 26 heavy (non-hydrogen) atoms. The lowest BCUT2D eigenvalue weighted by Gasteiger charge is -2.20. The summed E-state index contributed by atoms with van der Waals surface area (Å²) in [5.74, 6) is -0.333. The second kappa shape index (κ2) is 8.42. The summed E-state index contributed by atoms with van der Waals surface area (Å²) in [5, 5.41) is 25.1. The number of nitrogens with zero attached hydrogens (tertiary/aromatic N) is 1. The molecule has 0 saturated heterocycles. The summed E-state index contributed by atoms with van der Waals surface area (Å²) in [5.41, 5.74) is 2.17. The number of rotatable bonds is 6. The number of carbonyl (C=O) groups excluding carboxylic acids is 1.